The van der Waals surface area contributed by atoms with E-state index in [4.69, 9.17) is 4.74 Å². The number of aliphatic hydroxyl groups is 1. The second-order valence-electron chi connectivity index (χ2n) is 10.7. The number of amides is 1. The van der Waals surface area contributed by atoms with E-state index in [0.717, 1.165) is 25.9 Å². The van der Waals surface area contributed by atoms with Gasteiger partial charge in [-0.2, -0.15) is 0 Å². The molecule has 1 unspecified atom stereocenters. The highest BCUT2D eigenvalue weighted by Gasteiger charge is 2.33. The molecule has 0 bridgehead atoms. The van der Waals surface area contributed by atoms with Crippen molar-refractivity contribution in [3.8, 4) is 17.0 Å². The number of benzene rings is 1. The first-order chi connectivity index (χ1) is 17.7. The SMILES string of the molecule is CCC(F)(CC)CN1CCC(COc2ccc(-c3ccc(C(=O)N4CC(O)C[C@@H]4C)c(F)c3)nc2)CC1. The third-order valence-corrected chi connectivity index (χ3v) is 8.01. The Labute approximate surface area is 218 Å². The molecule has 1 aromatic carbocycles. The number of aromatic nitrogens is 1. The van der Waals surface area contributed by atoms with Crippen LogP contribution in [0.3, 0.4) is 0 Å². The predicted octanol–water partition coefficient (Wildman–Crippen LogP) is 5.10. The Morgan fingerprint density at radius 3 is 2.49 bits per heavy atom. The molecule has 1 amide bonds. The molecule has 1 N–H and O–H groups in total. The van der Waals surface area contributed by atoms with Crippen LogP contribution in [0.1, 0.15) is 63.2 Å². The first kappa shape index (κ1) is 27.5. The largest absolute Gasteiger partial charge is 0.492 e. The van der Waals surface area contributed by atoms with Gasteiger partial charge in [-0.25, -0.2) is 8.78 Å². The van der Waals surface area contributed by atoms with Gasteiger partial charge < -0.3 is 19.6 Å². The van der Waals surface area contributed by atoms with Gasteiger partial charge in [0.25, 0.3) is 5.91 Å². The van der Waals surface area contributed by atoms with Crippen molar-refractivity contribution >= 4 is 5.91 Å². The molecule has 2 fully saturated rings. The fourth-order valence-corrected chi connectivity index (χ4v) is 5.32. The summed E-state index contributed by atoms with van der Waals surface area (Å²) in [4.78, 5) is 20.9. The molecule has 1 aromatic heterocycles. The molecular weight excluding hydrogens is 476 g/mol. The number of hydrogen-bond donors (Lipinski definition) is 1. The molecule has 2 saturated heterocycles. The van der Waals surface area contributed by atoms with Crippen LogP contribution in [-0.2, 0) is 0 Å². The van der Waals surface area contributed by atoms with Gasteiger partial charge in [-0.1, -0.05) is 19.9 Å². The van der Waals surface area contributed by atoms with Gasteiger partial charge in [-0.15, -0.1) is 0 Å². The van der Waals surface area contributed by atoms with Crippen LogP contribution in [-0.4, -0.2) is 76.4 Å². The average Bonchev–Trinajstić information content (AvgIpc) is 3.25. The number of alkyl halides is 1. The zero-order chi connectivity index (χ0) is 26.6. The van der Waals surface area contributed by atoms with E-state index in [1.807, 2.05) is 26.8 Å². The third-order valence-electron chi connectivity index (χ3n) is 8.01. The summed E-state index contributed by atoms with van der Waals surface area (Å²) in [6, 6.07) is 7.97. The Kier molecular flexibility index (Phi) is 8.80. The molecule has 37 heavy (non-hydrogen) atoms. The van der Waals surface area contributed by atoms with Gasteiger partial charge in [-0.3, -0.25) is 9.78 Å². The maximum absolute atomic E-state index is 14.8. The van der Waals surface area contributed by atoms with Crippen molar-refractivity contribution in [2.45, 2.75) is 70.7 Å². The number of carbonyl (C=O) groups excluding carboxylic acids is 1. The molecule has 0 aliphatic carbocycles. The zero-order valence-corrected chi connectivity index (χ0v) is 22.1. The van der Waals surface area contributed by atoms with Crippen LogP contribution in [0.5, 0.6) is 5.75 Å². The summed E-state index contributed by atoms with van der Waals surface area (Å²) in [6.45, 7) is 8.78. The van der Waals surface area contributed by atoms with Crippen LogP contribution in [0.2, 0.25) is 0 Å². The quantitative estimate of drug-likeness (QED) is 0.503. The van der Waals surface area contributed by atoms with E-state index in [9.17, 15) is 18.7 Å². The number of aliphatic hydroxyl groups excluding tert-OH is 1. The smallest absolute Gasteiger partial charge is 0.257 e. The lowest BCUT2D eigenvalue weighted by Gasteiger charge is -2.36. The molecule has 0 saturated carbocycles. The van der Waals surface area contributed by atoms with Crippen molar-refractivity contribution in [1.29, 1.82) is 0 Å². The standard InChI is InChI=1S/C29H39F2N3O3/c1-4-29(31,5-2)19-33-12-10-21(11-13-33)18-37-24-7-9-27(32-16-24)22-6-8-25(26(30)15-22)28(36)34-17-23(35)14-20(34)3/h6-9,15-16,20-21,23,35H,4-5,10-14,17-19H2,1-3H3/t20-,23?/m0/s1. The molecule has 2 aromatic rings. The van der Waals surface area contributed by atoms with Crippen LogP contribution in [0, 0.1) is 11.7 Å². The topological polar surface area (TPSA) is 65.9 Å². The van der Waals surface area contributed by atoms with E-state index in [1.54, 1.807) is 18.3 Å². The molecule has 2 aliphatic rings. The fourth-order valence-electron chi connectivity index (χ4n) is 5.32. The van der Waals surface area contributed by atoms with Gasteiger partial charge in [0.05, 0.1) is 30.2 Å². The number of likely N-dealkylation sites (tertiary alicyclic amines) is 2. The molecular formula is C29H39F2N3O3. The van der Waals surface area contributed by atoms with E-state index in [-0.39, 0.29) is 18.2 Å². The Morgan fingerprint density at radius 2 is 1.92 bits per heavy atom. The zero-order valence-electron chi connectivity index (χ0n) is 22.1. The van der Waals surface area contributed by atoms with Crippen LogP contribution >= 0.6 is 0 Å². The lowest BCUT2D eigenvalue weighted by atomic mass is 9.94. The number of halogens is 2. The monoisotopic (exact) mass is 515 g/mol. The molecule has 6 nitrogen and oxygen atoms in total. The van der Waals surface area contributed by atoms with Crippen LogP contribution in [0.25, 0.3) is 11.3 Å². The van der Waals surface area contributed by atoms with Gasteiger partial charge in [0.1, 0.15) is 17.2 Å². The summed E-state index contributed by atoms with van der Waals surface area (Å²) in [7, 11) is 0. The molecule has 0 spiro atoms. The number of pyridine rings is 1. The lowest BCUT2D eigenvalue weighted by Crippen LogP contribution is -2.44. The summed E-state index contributed by atoms with van der Waals surface area (Å²) in [5, 5.41) is 9.81. The molecule has 4 rings (SSSR count). The Hall–Kier alpha value is -2.58. The van der Waals surface area contributed by atoms with Crippen molar-refractivity contribution in [2.24, 2.45) is 5.92 Å². The van der Waals surface area contributed by atoms with Gasteiger partial charge in [-0.05, 0) is 82.3 Å². The molecule has 2 atom stereocenters. The molecule has 202 valence electrons. The predicted molar refractivity (Wildman–Crippen MR) is 140 cm³/mol. The van der Waals surface area contributed by atoms with Crippen LogP contribution < -0.4 is 4.74 Å². The van der Waals surface area contributed by atoms with Gasteiger partial charge in [0, 0.05) is 24.7 Å². The number of β-amino-alcohol motifs (C(OH)–C–C–N with tert-alkyl or cyclic N) is 1. The first-order valence-corrected chi connectivity index (χ1v) is 13.5. The highest BCUT2D eigenvalue weighted by atomic mass is 19.1. The van der Waals surface area contributed by atoms with Crippen LogP contribution in [0.4, 0.5) is 8.78 Å². The van der Waals surface area contributed by atoms with Crippen molar-refractivity contribution in [2.75, 3.05) is 32.8 Å². The van der Waals surface area contributed by atoms with Crippen LogP contribution in [0.15, 0.2) is 36.5 Å². The fraction of sp³-hybridized carbons (Fsp3) is 0.586. The molecule has 3 heterocycles. The second-order valence-corrected chi connectivity index (χ2v) is 10.7. The number of piperidine rings is 1. The maximum atomic E-state index is 14.8. The minimum absolute atomic E-state index is 0.00251. The van der Waals surface area contributed by atoms with Crippen molar-refractivity contribution < 1.29 is 23.4 Å². The van der Waals surface area contributed by atoms with Gasteiger partial charge in [0.2, 0.25) is 0 Å². The minimum atomic E-state index is -1.09. The summed E-state index contributed by atoms with van der Waals surface area (Å²) in [5.74, 6) is 0.0643. The van der Waals surface area contributed by atoms with E-state index in [0.29, 0.717) is 55.3 Å². The minimum Gasteiger partial charge on any atom is -0.492 e. The van der Waals surface area contributed by atoms with E-state index >= 15 is 0 Å². The lowest BCUT2D eigenvalue weighted by molar-refractivity contribution is 0.0568. The highest BCUT2D eigenvalue weighted by molar-refractivity contribution is 5.95. The molecule has 0 radical (unpaired) electrons. The summed E-state index contributed by atoms with van der Waals surface area (Å²) in [5.41, 5.74) is 0.0684. The number of rotatable bonds is 9. The number of ether oxygens (including phenoxy) is 1. The van der Waals surface area contributed by atoms with Gasteiger partial charge in [0.15, 0.2) is 0 Å². The Morgan fingerprint density at radius 1 is 1.19 bits per heavy atom. The van der Waals surface area contributed by atoms with Crippen molar-refractivity contribution in [3.63, 3.8) is 0 Å². The average molecular weight is 516 g/mol. The second kappa shape index (κ2) is 11.9. The number of nitrogens with zero attached hydrogens (tertiary/aromatic N) is 3. The normalized spacial score (nSPS) is 21.4. The molecule has 2 aliphatic heterocycles. The maximum Gasteiger partial charge on any atom is 0.257 e. The summed E-state index contributed by atoms with van der Waals surface area (Å²) in [6.07, 6.45) is 4.63. The molecule has 8 heteroatoms. The number of carbonyl (C=O) groups is 1. The van der Waals surface area contributed by atoms with E-state index < -0.39 is 23.5 Å². The third kappa shape index (κ3) is 6.65. The Bertz CT molecular complexity index is 1050. The highest BCUT2D eigenvalue weighted by Crippen LogP contribution is 2.28. The Balaban J connectivity index is 1.29. The first-order valence-electron chi connectivity index (χ1n) is 13.5. The summed E-state index contributed by atoms with van der Waals surface area (Å²) >= 11 is 0. The van der Waals surface area contributed by atoms with Crippen molar-refractivity contribution in [3.05, 3.63) is 47.9 Å². The van der Waals surface area contributed by atoms with E-state index in [1.165, 1.54) is 17.0 Å². The number of hydrogen-bond acceptors (Lipinski definition) is 5. The summed E-state index contributed by atoms with van der Waals surface area (Å²) < 4.78 is 35.5. The van der Waals surface area contributed by atoms with Gasteiger partial charge >= 0.3 is 0 Å². The van der Waals surface area contributed by atoms with E-state index in [2.05, 4.69) is 9.88 Å². The van der Waals surface area contributed by atoms with Crippen molar-refractivity contribution in [1.82, 2.24) is 14.8 Å².